The van der Waals surface area contributed by atoms with E-state index in [-0.39, 0.29) is 6.61 Å². The van der Waals surface area contributed by atoms with Crippen molar-refractivity contribution in [2.75, 3.05) is 6.61 Å². The van der Waals surface area contributed by atoms with E-state index in [9.17, 15) is 4.79 Å². The van der Waals surface area contributed by atoms with Crippen LogP contribution in [0, 0.1) is 0 Å². The third-order valence-corrected chi connectivity index (χ3v) is 1.80. The number of benzene rings is 1. The number of esters is 1. The Balaban J connectivity index is 2.23. The van der Waals surface area contributed by atoms with Crippen LogP contribution >= 0.6 is 0 Å². The lowest BCUT2D eigenvalue weighted by atomic mass is 10.2. The molecule has 82 valence electrons. The topological polar surface area (TPSA) is 62.7 Å². The first-order valence-electron chi connectivity index (χ1n) is 4.88. The summed E-state index contributed by atoms with van der Waals surface area (Å²) < 4.78 is 4.72. The summed E-state index contributed by atoms with van der Waals surface area (Å²) in [6.07, 6.45) is 5.22. The van der Waals surface area contributed by atoms with Crippen LogP contribution < -0.4 is 0 Å². The molecule has 16 heavy (non-hydrogen) atoms. The van der Waals surface area contributed by atoms with Crippen LogP contribution in [0.1, 0.15) is 12.0 Å². The Bertz CT molecular complexity index is 406. The van der Waals surface area contributed by atoms with E-state index in [1.54, 1.807) is 0 Å². The lowest BCUT2D eigenvalue weighted by molar-refractivity contribution is -0.138. The van der Waals surface area contributed by atoms with Crippen LogP contribution in [-0.2, 0) is 9.53 Å². The van der Waals surface area contributed by atoms with Crippen LogP contribution in [0.4, 0.5) is 0 Å². The molecule has 0 aliphatic carbocycles. The SMILES string of the molecule is [N-]=[N+]=CC(=O)OCC/C=C/c1ccccc1. The second-order valence-corrected chi connectivity index (χ2v) is 3.01. The summed E-state index contributed by atoms with van der Waals surface area (Å²) in [4.78, 5) is 13.3. The number of hydrogen-bond acceptors (Lipinski definition) is 2. The van der Waals surface area contributed by atoms with Gasteiger partial charge in [0.25, 0.3) is 0 Å². The second-order valence-electron chi connectivity index (χ2n) is 3.01. The smallest absolute Gasteiger partial charge is 0.413 e. The van der Waals surface area contributed by atoms with Gasteiger partial charge in [-0.1, -0.05) is 42.5 Å². The van der Waals surface area contributed by atoms with Crippen molar-refractivity contribution in [2.24, 2.45) is 0 Å². The highest BCUT2D eigenvalue weighted by Crippen LogP contribution is 2.01. The van der Waals surface area contributed by atoms with Crippen molar-refractivity contribution in [1.82, 2.24) is 0 Å². The van der Waals surface area contributed by atoms with E-state index in [4.69, 9.17) is 10.3 Å². The zero-order valence-electron chi connectivity index (χ0n) is 8.74. The molecule has 4 nitrogen and oxygen atoms in total. The molecule has 0 saturated carbocycles. The van der Waals surface area contributed by atoms with Crippen LogP contribution in [0.15, 0.2) is 36.4 Å². The first-order valence-corrected chi connectivity index (χ1v) is 4.88. The molecule has 0 bridgehead atoms. The fourth-order valence-electron chi connectivity index (χ4n) is 1.10. The minimum absolute atomic E-state index is 0.272. The molecule has 0 amide bonds. The summed E-state index contributed by atoms with van der Waals surface area (Å²) in [5.41, 5.74) is 9.15. The Morgan fingerprint density at radius 3 is 2.81 bits per heavy atom. The Hall–Kier alpha value is -2.19. The number of hydrogen-bond donors (Lipinski definition) is 0. The van der Waals surface area contributed by atoms with Crippen molar-refractivity contribution in [3.05, 3.63) is 47.5 Å². The predicted molar refractivity (Wildman–Crippen MR) is 60.7 cm³/mol. The van der Waals surface area contributed by atoms with Gasteiger partial charge in [0, 0.05) is 0 Å². The van der Waals surface area contributed by atoms with Crippen LogP contribution in [-0.4, -0.2) is 23.6 Å². The standard InChI is InChI=1S/C12H12N2O2/c13-14-10-12(15)16-9-5-4-8-11-6-2-1-3-7-11/h1-4,6-8,10H,5,9H2/b8-4+. The van der Waals surface area contributed by atoms with Gasteiger partial charge in [-0.2, -0.15) is 4.79 Å². The molecular formula is C12H12N2O2. The molecule has 0 N–H and O–H groups in total. The zero-order chi connectivity index (χ0) is 11.6. The van der Waals surface area contributed by atoms with E-state index in [2.05, 4.69) is 4.79 Å². The van der Waals surface area contributed by atoms with Gasteiger partial charge in [0.1, 0.15) is 0 Å². The Labute approximate surface area is 93.8 Å². The molecule has 0 radical (unpaired) electrons. The Kier molecular flexibility index (Phi) is 5.31. The number of rotatable bonds is 5. The first kappa shape index (κ1) is 11.9. The largest absolute Gasteiger partial charge is 0.457 e. The third-order valence-electron chi connectivity index (χ3n) is 1.80. The van der Waals surface area contributed by atoms with Crippen molar-refractivity contribution >= 4 is 18.3 Å². The fourth-order valence-corrected chi connectivity index (χ4v) is 1.10. The fraction of sp³-hybridized carbons (Fsp3) is 0.167. The minimum Gasteiger partial charge on any atom is -0.457 e. The molecule has 1 aromatic rings. The lowest BCUT2D eigenvalue weighted by Gasteiger charge is -1.95. The van der Waals surface area contributed by atoms with E-state index in [0.717, 1.165) is 11.8 Å². The van der Waals surface area contributed by atoms with Gasteiger partial charge in [0.2, 0.25) is 0 Å². The molecule has 0 heterocycles. The third kappa shape index (κ3) is 4.88. The second kappa shape index (κ2) is 7.15. The summed E-state index contributed by atoms with van der Waals surface area (Å²) in [5.74, 6) is -0.643. The summed E-state index contributed by atoms with van der Waals surface area (Å²) >= 11 is 0. The molecule has 0 aliphatic heterocycles. The van der Waals surface area contributed by atoms with E-state index < -0.39 is 5.97 Å². The average Bonchev–Trinajstić information content (AvgIpc) is 2.30. The number of ether oxygens (including phenoxy) is 1. The van der Waals surface area contributed by atoms with Crippen molar-refractivity contribution in [3.63, 3.8) is 0 Å². The van der Waals surface area contributed by atoms with Gasteiger partial charge in [0.05, 0.1) is 6.61 Å². The van der Waals surface area contributed by atoms with E-state index in [0.29, 0.717) is 6.42 Å². The van der Waals surface area contributed by atoms with Crippen LogP contribution in [0.2, 0.25) is 0 Å². The van der Waals surface area contributed by atoms with Gasteiger partial charge < -0.3 is 10.3 Å². The molecule has 0 atom stereocenters. The lowest BCUT2D eigenvalue weighted by Crippen LogP contribution is -2.06. The Morgan fingerprint density at radius 2 is 2.12 bits per heavy atom. The molecule has 0 aromatic heterocycles. The molecule has 4 heteroatoms. The van der Waals surface area contributed by atoms with Gasteiger partial charge in [0.15, 0.2) is 0 Å². The van der Waals surface area contributed by atoms with Gasteiger partial charge in [-0.15, -0.1) is 0 Å². The number of carbonyl (C=O) groups is 1. The molecule has 1 rings (SSSR count). The maximum atomic E-state index is 10.7. The quantitative estimate of drug-likeness (QED) is 0.248. The molecule has 1 aromatic carbocycles. The van der Waals surface area contributed by atoms with Crippen LogP contribution in [0.5, 0.6) is 0 Å². The highest BCUT2D eigenvalue weighted by atomic mass is 16.5. The molecular weight excluding hydrogens is 204 g/mol. The number of carbonyl (C=O) groups excluding carboxylic acids is 1. The van der Waals surface area contributed by atoms with Gasteiger partial charge in [-0.05, 0) is 12.0 Å². The van der Waals surface area contributed by atoms with Gasteiger partial charge in [-0.25, -0.2) is 4.79 Å². The predicted octanol–water partition coefficient (Wildman–Crippen LogP) is 1.93. The van der Waals surface area contributed by atoms with Crippen LogP contribution in [0.3, 0.4) is 0 Å². The molecule has 0 aliphatic rings. The first-order chi connectivity index (χ1) is 7.83. The number of nitrogens with zero attached hydrogens (tertiary/aromatic N) is 2. The molecule has 0 fully saturated rings. The van der Waals surface area contributed by atoms with Crippen molar-refractivity contribution in [3.8, 4) is 0 Å². The maximum Gasteiger partial charge on any atom is 0.413 e. The van der Waals surface area contributed by atoms with Crippen molar-refractivity contribution < 1.29 is 14.3 Å². The van der Waals surface area contributed by atoms with Gasteiger partial charge >= 0.3 is 12.2 Å². The molecule has 0 spiro atoms. The summed E-state index contributed by atoms with van der Waals surface area (Å²) in [6, 6.07) is 9.84. The highest BCUT2D eigenvalue weighted by molar-refractivity contribution is 6.20. The maximum absolute atomic E-state index is 10.7. The van der Waals surface area contributed by atoms with E-state index in [1.807, 2.05) is 42.5 Å². The van der Waals surface area contributed by atoms with Crippen molar-refractivity contribution in [1.29, 1.82) is 0 Å². The normalized spacial score (nSPS) is 9.75. The molecule has 0 unspecified atom stereocenters. The van der Waals surface area contributed by atoms with E-state index >= 15 is 0 Å². The average molecular weight is 216 g/mol. The summed E-state index contributed by atoms with van der Waals surface area (Å²) in [6.45, 7) is 0.272. The Morgan fingerprint density at radius 1 is 1.38 bits per heavy atom. The summed E-state index contributed by atoms with van der Waals surface area (Å²) in [5, 5.41) is 0. The zero-order valence-corrected chi connectivity index (χ0v) is 8.74. The summed E-state index contributed by atoms with van der Waals surface area (Å²) in [7, 11) is 0. The van der Waals surface area contributed by atoms with Gasteiger partial charge in [-0.3, -0.25) is 0 Å². The highest BCUT2D eigenvalue weighted by Gasteiger charge is 2.00. The monoisotopic (exact) mass is 216 g/mol. The van der Waals surface area contributed by atoms with E-state index in [1.165, 1.54) is 0 Å². The van der Waals surface area contributed by atoms with Crippen LogP contribution in [0.25, 0.3) is 11.6 Å². The minimum atomic E-state index is -0.643. The molecule has 0 saturated heterocycles. The van der Waals surface area contributed by atoms with Crippen molar-refractivity contribution in [2.45, 2.75) is 6.42 Å².